The molecular formula is C14H17N3OS. The van der Waals surface area contributed by atoms with Crippen LogP contribution in [0.2, 0.25) is 0 Å². The van der Waals surface area contributed by atoms with Gasteiger partial charge in [0.15, 0.2) is 5.13 Å². The van der Waals surface area contributed by atoms with Crippen molar-refractivity contribution in [2.45, 2.75) is 26.2 Å². The summed E-state index contributed by atoms with van der Waals surface area (Å²) in [6.07, 6.45) is 2.27. The first-order valence-corrected chi connectivity index (χ1v) is 7.14. The van der Waals surface area contributed by atoms with E-state index in [9.17, 15) is 4.79 Å². The van der Waals surface area contributed by atoms with Crippen LogP contribution in [0.4, 0.5) is 10.8 Å². The number of nitrogen functional groups attached to an aromatic ring is 1. The van der Waals surface area contributed by atoms with Crippen molar-refractivity contribution in [1.29, 1.82) is 0 Å². The van der Waals surface area contributed by atoms with Crippen molar-refractivity contribution >= 4 is 28.1 Å². The van der Waals surface area contributed by atoms with Crippen LogP contribution in [0.5, 0.6) is 0 Å². The number of nitrogens with one attached hydrogen (secondary N) is 1. The summed E-state index contributed by atoms with van der Waals surface area (Å²) in [5.74, 6) is -0.0612. The Morgan fingerprint density at radius 1 is 1.42 bits per heavy atom. The molecule has 19 heavy (non-hydrogen) atoms. The van der Waals surface area contributed by atoms with E-state index in [0.717, 1.165) is 24.1 Å². The second-order valence-electron chi connectivity index (χ2n) is 4.31. The van der Waals surface area contributed by atoms with Gasteiger partial charge in [-0.1, -0.05) is 31.5 Å². The highest BCUT2D eigenvalue weighted by atomic mass is 32.1. The molecule has 0 bridgehead atoms. The predicted octanol–water partition coefficient (Wildman–Crippen LogP) is 2.86. The summed E-state index contributed by atoms with van der Waals surface area (Å²) in [6, 6.07) is 7.88. The Morgan fingerprint density at radius 2 is 2.21 bits per heavy atom. The van der Waals surface area contributed by atoms with Crippen molar-refractivity contribution in [1.82, 2.24) is 4.98 Å². The molecule has 2 aromatic rings. The number of anilines is 2. The Hall–Kier alpha value is -1.88. The van der Waals surface area contributed by atoms with Crippen LogP contribution in [0.15, 0.2) is 29.6 Å². The molecule has 5 heteroatoms. The number of aryl methyl sites for hydroxylation is 1. The molecule has 0 aliphatic heterocycles. The van der Waals surface area contributed by atoms with Gasteiger partial charge in [-0.25, -0.2) is 4.98 Å². The van der Waals surface area contributed by atoms with Crippen molar-refractivity contribution in [3.63, 3.8) is 0 Å². The van der Waals surface area contributed by atoms with Crippen LogP contribution in [0.3, 0.4) is 0 Å². The summed E-state index contributed by atoms with van der Waals surface area (Å²) in [5.41, 5.74) is 8.31. The number of benzene rings is 1. The van der Waals surface area contributed by atoms with E-state index in [1.54, 1.807) is 0 Å². The van der Waals surface area contributed by atoms with Crippen LogP contribution < -0.4 is 11.1 Å². The number of hydrogen-bond acceptors (Lipinski definition) is 4. The number of thiazole rings is 1. The number of carbonyl (C=O) groups is 1. The summed E-state index contributed by atoms with van der Waals surface area (Å²) in [7, 11) is 0. The zero-order valence-corrected chi connectivity index (χ0v) is 11.7. The van der Waals surface area contributed by atoms with E-state index in [0.29, 0.717) is 10.8 Å². The van der Waals surface area contributed by atoms with Gasteiger partial charge in [0.05, 0.1) is 12.1 Å². The minimum absolute atomic E-state index is 0.0612. The number of aromatic nitrogens is 1. The van der Waals surface area contributed by atoms with Gasteiger partial charge in [-0.05, 0) is 18.1 Å². The van der Waals surface area contributed by atoms with Crippen LogP contribution in [0, 0.1) is 0 Å². The van der Waals surface area contributed by atoms with Crippen molar-refractivity contribution in [3.05, 3.63) is 40.9 Å². The Kier molecular flexibility index (Phi) is 4.52. The molecular weight excluding hydrogens is 258 g/mol. The van der Waals surface area contributed by atoms with Gasteiger partial charge in [0, 0.05) is 11.1 Å². The third-order valence-electron chi connectivity index (χ3n) is 2.72. The molecule has 100 valence electrons. The van der Waals surface area contributed by atoms with Crippen LogP contribution in [-0.2, 0) is 17.6 Å². The van der Waals surface area contributed by atoms with Crippen molar-refractivity contribution in [3.8, 4) is 0 Å². The molecule has 3 N–H and O–H groups in total. The fourth-order valence-electron chi connectivity index (χ4n) is 1.89. The molecule has 1 amide bonds. The minimum Gasteiger partial charge on any atom is -0.375 e. The quantitative estimate of drug-likeness (QED) is 0.881. The van der Waals surface area contributed by atoms with Crippen LogP contribution in [-0.4, -0.2) is 10.9 Å². The minimum atomic E-state index is -0.0612. The molecule has 0 saturated heterocycles. The number of para-hydroxylation sites is 1. The van der Waals surface area contributed by atoms with Crippen LogP contribution in [0.25, 0.3) is 0 Å². The number of rotatable bonds is 5. The van der Waals surface area contributed by atoms with E-state index in [4.69, 9.17) is 5.73 Å². The van der Waals surface area contributed by atoms with E-state index in [1.807, 2.05) is 29.6 Å². The van der Waals surface area contributed by atoms with E-state index < -0.39 is 0 Å². The van der Waals surface area contributed by atoms with Crippen molar-refractivity contribution in [2.24, 2.45) is 0 Å². The first-order chi connectivity index (χ1) is 9.19. The molecule has 0 atom stereocenters. The van der Waals surface area contributed by atoms with E-state index >= 15 is 0 Å². The highest BCUT2D eigenvalue weighted by Crippen LogP contribution is 2.17. The van der Waals surface area contributed by atoms with Crippen LogP contribution in [0.1, 0.15) is 24.6 Å². The molecule has 2 rings (SSSR count). The van der Waals surface area contributed by atoms with E-state index in [2.05, 4.69) is 17.2 Å². The van der Waals surface area contributed by atoms with Crippen molar-refractivity contribution < 1.29 is 4.79 Å². The lowest BCUT2D eigenvalue weighted by Crippen LogP contribution is -2.15. The van der Waals surface area contributed by atoms with E-state index in [1.165, 1.54) is 11.3 Å². The van der Waals surface area contributed by atoms with Gasteiger partial charge in [0.2, 0.25) is 5.91 Å². The molecule has 4 nitrogen and oxygen atoms in total. The number of hydrogen-bond donors (Lipinski definition) is 2. The maximum atomic E-state index is 12.0. The number of amides is 1. The zero-order valence-electron chi connectivity index (χ0n) is 10.8. The molecule has 0 radical (unpaired) electrons. The average molecular weight is 275 g/mol. The zero-order chi connectivity index (χ0) is 13.7. The SMILES string of the molecule is CCCc1ccccc1NC(=O)Cc1csc(N)n1. The highest BCUT2D eigenvalue weighted by Gasteiger charge is 2.09. The Labute approximate surface area is 116 Å². The molecule has 1 aromatic heterocycles. The second-order valence-corrected chi connectivity index (χ2v) is 5.20. The molecule has 0 spiro atoms. The molecule has 0 fully saturated rings. The van der Waals surface area contributed by atoms with Gasteiger partial charge in [-0.2, -0.15) is 0 Å². The first-order valence-electron chi connectivity index (χ1n) is 6.26. The third kappa shape index (κ3) is 3.79. The molecule has 1 aromatic carbocycles. The highest BCUT2D eigenvalue weighted by molar-refractivity contribution is 7.13. The summed E-state index contributed by atoms with van der Waals surface area (Å²) >= 11 is 1.35. The number of carbonyl (C=O) groups excluding carboxylic acids is 1. The van der Waals surface area contributed by atoms with Gasteiger partial charge >= 0.3 is 0 Å². The fraction of sp³-hybridized carbons (Fsp3) is 0.286. The lowest BCUT2D eigenvalue weighted by Gasteiger charge is -2.09. The molecule has 0 aliphatic carbocycles. The average Bonchev–Trinajstić information content (AvgIpc) is 2.77. The van der Waals surface area contributed by atoms with Gasteiger partial charge in [0.1, 0.15) is 0 Å². The topological polar surface area (TPSA) is 68.0 Å². The lowest BCUT2D eigenvalue weighted by atomic mass is 10.1. The summed E-state index contributed by atoms with van der Waals surface area (Å²) in [4.78, 5) is 16.0. The Balaban J connectivity index is 2.02. The smallest absolute Gasteiger partial charge is 0.230 e. The van der Waals surface area contributed by atoms with Gasteiger partial charge in [-0.3, -0.25) is 4.79 Å². The first kappa shape index (κ1) is 13.5. The van der Waals surface area contributed by atoms with Crippen LogP contribution >= 0.6 is 11.3 Å². The summed E-state index contributed by atoms with van der Waals surface area (Å²) in [6.45, 7) is 2.12. The molecule has 0 saturated carbocycles. The second kappa shape index (κ2) is 6.33. The molecule has 1 heterocycles. The molecule has 0 aliphatic rings. The Morgan fingerprint density at radius 3 is 2.89 bits per heavy atom. The summed E-state index contributed by atoms with van der Waals surface area (Å²) in [5, 5.41) is 5.24. The normalized spacial score (nSPS) is 10.4. The van der Waals surface area contributed by atoms with Gasteiger partial charge < -0.3 is 11.1 Å². The monoisotopic (exact) mass is 275 g/mol. The van der Waals surface area contributed by atoms with Crippen molar-refractivity contribution in [2.75, 3.05) is 11.1 Å². The van der Waals surface area contributed by atoms with Gasteiger partial charge in [0.25, 0.3) is 0 Å². The maximum absolute atomic E-state index is 12.0. The largest absolute Gasteiger partial charge is 0.375 e. The predicted molar refractivity (Wildman–Crippen MR) is 79.3 cm³/mol. The number of nitrogens with two attached hydrogens (primary N) is 1. The third-order valence-corrected chi connectivity index (χ3v) is 3.44. The standard InChI is InChI=1S/C14H17N3OS/c1-2-5-10-6-3-4-7-12(10)17-13(18)8-11-9-19-14(15)16-11/h3-4,6-7,9H,2,5,8H2,1H3,(H2,15,16)(H,17,18). The fourth-order valence-corrected chi connectivity index (χ4v) is 2.46. The maximum Gasteiger partial charge on any atom is 0.230 e. The summed E-state index contributed by atoms with van der Waals surface area (Å²) < 4.78 is 0. The Bertz CT molecular complexity index is 565. The van der Waals surface area contributed by atoms with E-state index in [-0.39, 0.29) is 12.3 Å². The lowest BCUT2D eigenvalue weighted by molar-refractivity contribution is -0.115. The van der Waals surface area contributed by atoms with Gasteiger partial charge in [-0.15, -0.1) is 11.3 Å². The number of nitrogens with zero attached hydrogens (tertiary/aromatic N) is 1. The molecule has 0 unspecified atom stereocenters.